The first-order valence-corrected chi connectivity index (χ1v) is 10.6. The predicted octanol–water partition coefficient (Wildman–Crippen LogP) is 5.11. The molecule has 0 aromatic heterocycles. The minimum atomic E-state index is -1.24. The molecule has 1 aliphatic carbocycles. The molecule has 0 amide bonds. The first kappa shape index (κ1) is 14.8. The van der Waals surface area contributed by atoms with Crippen LogP contribution in [0, 0.1) is 28.2 Å². The third-order valence-electron chi connectivity index (χ3n) is 3.74. The van der Waals surface area contributed by atoms with Gasteiger partial charge in [-0.3, -0.25) is 0 Å². The van der Waals surface area contributed by atoms with Crippen LogP contribution in [0.1, 0.15) is 53.4 Å². The minimum absolute atomic E-state index is 0.318. The number of hydrogen-bond acceptors (Lipinski definition) is 0. The van der Waals surface area contributed by atoms with Crippen LogP contribution in [0.4, 0.5) is 0 Å². The summed E-state index contributed by atoms with van der Waals surface area (Å²) in [5.74, 6) is 4.54. The number of rotatable bonds is 1. The first-order chi connectivity index (χ1) is 7.54. The van der Waals surface area contributed by atoms with Crippen LogP contribution in [-0.2, 0) is 0 Å². The molecule has 0 aliphatic heterocycles. The third-order valence-corrected chi connectivity index (χ3v) is 4.61. The predicted molar refractivity (Wildman–Crippen MR) is 80.6 cm³/mol. The van der Waals surface area contributed by atoms with E-state index in [0.717, 1.165) is 5.92 Å². The van der Waals surface area contributed by atoms with Gasteiger partial charge in [-0.1, -0.05) is 53.8 Å². The Hall–Kier alpha value is -0.223. The van der Waals surface area contributed by atoms with Gasteiger partial charge in [0.25, 0.3) is 0 Å². The second kappa shape index (κ2) is 4.80. The normalized spacial score (nSPS) is 29.9. The summed E-state index contributed by atoms with van der Waals surface area (Å²) >= 11 is 0. The second-order valence-corrected chi connectivity index (χ2v) is 12.9. The lowest BCUT2D eigenvalue weighted by Crippen LogP contribution is -2.29. The Labute approximate surface area is 110 Å². The molecule has 0 nitrogen and oxygen atoms in total. The Bertz CT molecular complexity index is 318. The molecule has 1 saturated carbocycles. The molecule has 0 radical (unpaired) electrons. The van der Waals surface area contributed by atoms with Gasteiger partial charge in [-0.15, -0.1) is 11.5 Å². The zero-order chi connectivity index (χ0) is 13.3. The van der Waals surface area contributed by atoms with E-state index in [1.54, 1.807) is 0 Å². The maximum Gasteiger partial charge on any atom is 0.129 e. The van der Waals surface area contributed by atoms with E-state index < -0.39 is 8.07 Å². The van der Waals surface area contributed by atoms with Crippen LogP contribution in [-0.4, -0.2) is 8.07 Å². The average Bonchev–Trinajstić information content (AvgIpc) is 2.41. The smallest absolute Gasteiger partial charge is 0.129 e. The largest absolute Gasteiger partial charge is 0.131 e. The van der Waals surface area contributed by atoms with Crippen molar-refractivity contribution in [3.8, 4) is 11.5 Å². The van der Waals surface area contributed by atoms with Crippen LogP contribution in [0.5, 0.6) is 0 Å². The summed E-state index contributed by atoms with van der Waals surface area (Å²) in [6, 6.07) is 0. The van der Waals surface area contributed by atoms with Crippen LogP contribution in [0.2, 0.25) is 19.6 Å². The van der Waals surface area contributed by atoms with Crippen molar-refractivity contribution in [2.45, 2.75) is 73.0 Å². The molecule has 17 heavy (non-hydrogen) atoms. The molecule has 2 atom stereocenters. The van der Waals surface area contributed by atoms with Gasteiger partial charge < -0.3 is 0 Å². The van der Waals surface area contributed by atoms with Gasteiger partial charge >= 0.3 is 0 Å². The third kappa shape index (κ3) is 4.51. The molecule has 0 aromatic carbocycles. The maximum absolute atomic E-state index is 3.75. The van der Waals surface area contributed by atoms with Crippen LogP contribution in [0.3, 0.4) is 0 Å². The van der Waals surface area contributed by atoms with Crippen LogP contribution in [0.15, 0.2) is 0 Å². The molecule has 0 unspecified atom stereocenters. The lowest BCUT2D eigenvalue weighted by molar-refractivity contribution is 0.192. The van der Waals surface area contributed by atoms with Gasteiger partial charge in [0.05, 0.1) is 0 Å². The monoisotopic (exact) mass is 250 g/mol. The van der Waals surface area contributed by atoms with E-state index in [9.17, 15) is 0 Å². The molecule has 1 rings (SSSR count). The first-order valence-electron chi connectivity index (χ1n) is 7.08. The van der Waals surface area contributed by atoms with E-state index in [0.29, 0.717) is 10.8 Å². The fourth-order valence-electron chi connectivity index (χ4n) is 3.00. The Morgan fingerprint density at radius 1 is 1.24 bits per heavy atom. The van der Waals surface area contributed by atoms with Gasteiger partial charge in [-0.25, -0.2) is 0 Å². The lowest BCUT2D eigenvalue weighted by Gasteiger charge is -2.35. The van der Waals surface area contributed by atoms with Crippen molar-refractivity contribution in [3.05, 3.63) is 0 Å². The van der Waals surface area contributed by atoms with Crippen LogP contribution < -0.4 is 0 Å². The summed E-state index contributed by atoms with van der Waals surface area (Å²) in [5, 5.41) is 0. The van der Waals surface area contributed by atoms with Crippen molar-refractivity contribution < 1.29 is 0 Å². The Balaban J connectivity index is 2.98. The van der Waals surface area contributed by atoms with Crippen molar-refractivity contribution in [2.24, 2.45) is 16.7 Å². The van der Waals surface area contributed by atoms with Crippen molar-refractivity contribution >= 4 is 8.07 Å². The molecule has 0 spiro atoms. The van der Waals surface area contributed by atoms with E-state index in [2.05, 4.69) is 58.8 Å². The fraction of sp³-hybridized carbons (Fsp3) is 0.875. The quantitative estimate of drug-likeness (QED) is 0.448. The van der Waals surface area contributed by atoms with Crippen molar-refractivity contribution in [2.75, 3.05) is 0 Å². The highest BCUT2D eigenvalue weighted by molar-refractivity contribution is 6.83. The van der Waals surface area contributed by atoms with Gasteiger partial charge in [0.15, 0.2) is 0 Å². The van der Waals surface area contributed by atoms with Gasteiger partial charge in [-0.05, 0) is 30.6 Å². The fourth-order valence-corrected chi connectivity index (χ4v) is 3.62. The zero-order valence-electron chi connectivity index (χ0n) is 12.9. The second-order valence-electron chi connectivity index (χ2n) is 8.19. The Kier molecular flexibility index (Phi) is 4.19. The summed E-state index contributed by atoms with van der Waals surface area (Å²) in [6.45, 7) is 16.5. The molecular weight excluding hydrogens is 220 g/mol. The summed E-state index contributed by atoms with van der Waals surface area (Å²) in [4.78, 5) is 0. The molecule has 1 fully saturated rings. The molecule has 0 bridgehead atoms. The summed E-state index contributed by atoms with van der Waals surface area (Å²) in [5.41, 5.74) is 4.36. The molecule has 0 heterocycles. The number of hydrogen-bond donors (Lipinski definition) is 0. The van der Waals surface area contributed by atoms with E-state index in [1.165, 1.54) is 25.7 Å². The van der Waals surface area contributed by atoms with E-state index in [4.69, 9.17) is 0 Å². The van der Waals surface area contributed by atoms with Gasteiger partial charge in [0, 0.05) is 5.41 Å². The van der Waals surface area contributed by atoms with Crippen LogP contribution in [0.25, 0.3) is 0 Å². The van der Waals surface area contributed by atoms with Crippen molar-refractivity contribution in [1.29, 1.82) is 0 Å². The highest BCUT2D eigenvalue weighted by Gasteiger charge is 2.41. The minimum Gasteiger partial charge on any atom is -0.131 e. The Morgan fingerprint density at radius 3 is 2.18 bits per heavy atom. The summed E-state index contributed by atoms with van der Waals surface area (Å²) in [6.07, 6.45) is 5.33. The summed E-state index contributed by atoms with van der Waals surface area (Å²) < 4.78 is 0. The zero-order valence-corrected chi connectivity index (χ0v) is 13.9. The molecule has 1 heteroatoms. The van der Waals surface area contributed by atoms with Crippen molar-refractivity contribution in [1.82, 2.24) is 0 Å². The van der Waals surface area contributed by atoms with Gasteiger partial charge in [-0.2, -0.15) is 0 Å². The SMILES string of the molecule is C[C@@H]1CCC[C@@]1(C#C[Si](C)(C)C)CC(C)(C)C. The standard InChI is InChI=1S/C16H30Si/c1-14-9-8-10-16(14,13-15(2,3)4)11-12-17(5,6)7/h14H,8-10,13H2,1-7H3/t14-,16-/m1/s1. The van der Waals surface area contributed by atoms with Crippen LogP contribution >= 0.6 is 0 Å². The lowest BCUT2D eigenvalue weighted by atomic mass is 9.69. The van der Waals surface area contributed by atoms with Gasteiger partial charge in [0.2, 0.25) is 0 Å². The van der Waals surface area contributed by atoms with E-state index >= 15 is 0 Å². The molecule has 0 saturated heterocycles. The molecule has 0 N–H and O–H groups in total. The topological polar surface area (TPSA) is 0 Å². The Morgan fingerprint density at radius 2 is 1.82 bits per heavy atom. The molecule has 1 aliphatic rings. The maximum atomic E-state index is 3.75. The van der Waals surface area contributed by atoms with Gasteiger partial charge in [0.1, 0.15) is 8.07 Å². The van der Waals surface area contributed by atoms with E-state index in [1.807, 2.05) is 0 Å². The molecular formula is C16H30Si. The molecule has 98 valence electrons. The highest BCUT2D eigenvalue weighted by Crippen LogP contribution is 2.49. The van der Waals surface area contributed by atoms with Crippen molar-refractivity contribution in [3.63, 3.8) is 0 Å². The van der Waals surface area contributed by atoms with E-state index in [-0.39, 0.29) is 0 Å². The summed E-state index contributed by atoms with van der Waals surface area (Å²) in [7, 11) is -1.24. The average molecular weight is 251 g/mol. The molecule has 0 aromatic rings. The highest BCUT2D eigenvalue weighted by atomic mass is 28.3.